The molecule has 138 valence electrons. The lowest BCUT2D eigenvalue weighted by Crippen LogP contribution is -2.64. The largest absolute Gasteiger partial charge is 0.378 e. The molecule has 2 fully saturated rings. The molecule has 0 aromatic heterocycles. The summed E-state index contributed by atoms with van der Waals surface area (Å²) in [7, 11) is 0. The van der Waals surface area contributed by atoms with Crippen LogP contribution in [0.4, 0.5) is 17.6 Å². The molecule has 1 N–H and O–H groups in total. The van der Waals surface area contributed by atoms with Gasteiger partial charge in [-0.15, -0.1) is 0 Å². The molecule has 1 unspecified atom stereocenters. The number of fused-ring (bicyclic) bond motifs is 1. The summed E-state index contributed by atoms with van der Waals surface area (Å²) in [5.74, 6) is -3.71. The Bertz CT molecular complexity index is 696. The lowest BCUT2D eigenvalue weighted by Gasteiger charge is -2.43. The van der Waals surface area contributed by atoms with E-state index in [2.05, 4.69) is 5.32 Å². The molecular weight excluding hydrogens is 338 g/mol. The number of amides is 1. The molecular formula is C18H21F4NO2. The zero-order chi connectivity index (χ0) is 18.4. The monoisotopic (exact) mass is 359 g/mol. The second-order valence-corrected chi connectivity index (χ2v) is 7.48. The van der Waals surface area contributed by atoms with Crippen molar-refractivity contribution in [1.82, 2.24) is 5.32 Å². The molecule has 0 radical (unpaired) electrons. The molecule has 25 heavy (non-hydrogen) atoms. The van der Waals surface area contributed by atoms with Crippen molar-refractivity contribution in [2.75, 3.05) is 19.9 Å². The number of hydrogen-bond acceptors (Lipinski definition) is 2. The van der Waals surface area contributed by atoms with Crippen LogP contribution < -0.4 is 5.32 Å². The van der Waals surface area contributed by atoms with E-state index in [9.17, 15) is 22.4 Å². The lowest BCUT2D eigenvalue weighted by atomic mass is 9.71. The van der Waals surface area contributed by atoms with Crippen LogP contribution >= 0.6 is 0 Å². The number of nitrogens with one attached hydrogen (secondary N) is 1. The fourth-order valence-corrected chi connectivity index (χ4v) is 3.83. The zero-order valence-corrected chi connectivity index (χ0v) is 14.2. The first-order valence-corrected chi connectivity index (χ1v) is 8.35. The summed E-state index contributed by atoms with van der Waals surface area (Å²) in [6, 6.07) is 2.63. The van der Waals surface area contributed by atoms with E-state index in [-0.39, 0.29) is 24.7 Å². The summed E-state index contributed by atoms with van der Waals surface area (Å²) in [5.41, 5.74) is -3.51. The van der Waals surface area contributed by atoms with E-state index in [1.807, 2.05) is 13.8 Å². The molecule has 1 aromatic rings. The van der Waals surface area contributed by atoms with Gasteiger partial charge in [0.2, 0.25) is 5.67 Å². The highest BCUT2D eigenvalue weighted by Gasteiger charge is 2.59. The first-order valence-electron chi connectivity index (χ1n) is 8.35. The molecule has 2 aliphatic heterocycles. The average molecular weight is 359 g/mol. The quantitative estimate of drug-likeness (QED) is 0.839. The van der Waals surface area contributed by atoms with Crippen molar-refractivity contribution in [2.45, 2.75) is 37.9 Å². The van der Waals surface area contributed by atoms with Crippen molar-refractivity contribution in [3.63, 3.8) is 0 Å². The third-order valence-corrected chi connectivity index (χ3v) is 5.08. The van der Waals surface area contributed by atoms with E-state index < -0.39 is 47.8 Å². The third kappa shape index (κ3) is 2.92. The van der Waals surface area contributed by atoms with E-state index in [1.54, 1.807) is 0 Å². The Morgan fingerprint density at radius 1 is 1.36 bits per heavy atom. The SMILES string of the molecule is CC(C)Cc1cc(F)c(F)c([C@]23COC[C@H]2CC(F)(CF)C(=O)N3)c1. The average Bonchev–Trinajstić information content (AvgIpc) is 2.93. The minimum absolute atomic E-state index is 0.0431. The summed E-state index contributed by atoms with van der Waals surface area (Å²) in [5, 5.41) is 2.41. The highest BCUT2D eigenvalue weighted by Crippen LogP contribution is 2.46. The summed E-state index contributed by atoms with van der Waals surface area (Å²) in [4.78, 5) is 12.1. The number of carbonyl (C=O) groups excluding carboxylic acids is 1. The third-order valence-electron chi connectivity index (χ3n) is 5.08. The van der Waals surface area contributed by atoms with Crippen molar-refractivity contribution in [2.24, 2.45) is 11.8 Å². The van der Waals surface area contributed by atoms with Crippen LogP contribution in [-0.2, 0) is 21.5 Å². The molecule has 0 spiro atoms. The van der Waals surface area contributed by atoms with Crippen LogP contribution in [0.3, 0.4) is 0 Å². The molecule has 7 heteroatoms. The normalized spacial score (nSPS) is 32.0. The summed E-state index contributed by atoms with van der Waals surface area (Å²) >= 11 is 0. The minimum Gasteiger partial charge on any atom is -0.378 e. The Morgan fingerprint density at radius 2 is 2.08 bits per heavy atom. The maximum atomic E-state index is 14.6. The topological polar surface area (TPSA) is 38.3 Å². The summed E-state index contributed by atoms with van der Waals surface area (Å²) < 4.78 is 61.6. The van der Waals surface area contributed by atoms with Crippen LogP contribution in [0, 0.1) is 23.5 Å². The van der Waals surface area contributed by atoms with Crippen molar-refractivity contribution < 1.29 is 27.1 Å². The number of carbonyl (C=O) groups is 1. The summed E-state index contributed by atoms with van der Waals surface area (Å²) in [6.07, 6.45) is 0.0993. The predicted octanol–water partition coefficient (Wildman–Crippen LogP) is 3.20. The van der Waals surface area contributed by atoms with Crippen molar-refractivity contribution in [1.29, 1.82) is 0 Å². The fourth-order valence-electron chi connectivity index (χ4n) is 3.83. The van der Waals surface area contributed by atoms with Gasteiger partial charge in [-0.1, -0.05) is 19.9 Å². The number of hydrogen-bond donors (Lipinski definition) is 1. The smallest absolute Gasteiger partial charge is 0.261 e. The van der Waals surface area contributed by atoms with Crippen LogP contribution in [-0.4, -0.2) is 31.5 Å². The van der Waals surface area contributed by atoms with E-state index in [0.717, 1.165) is 6.07 Å². The van der Waals surface area contributed by atoms with Crippen LogP contribution in [0.1, 0.15) is 31.4 Å². The molecule has 0 aliphatic carbocycles. The van der Waals surface area contributed by atoms with Crippen molar-refractivity contribution >= 4 is 5.91 Å². The Balaban J connectivity index is 2.08. The van der Waals surface area contributed by atoms with Crippen molar-refractivity contribution in [3.05, 3.63) is 34.9 Å². The Morgan fingerprint density at radius 3 is 2.72 bits per heavy atom. The van der Waals surface area contributed by atoms with Gasteiger partial charge in [0.05, 0.1) is 18.8 Å². The van der Waals surface area contributed by atoms with E-state index in [1.165, 1.54) is 6.07 Å². The lowest BCUT2D eigenvalue weighted by molar-refractivity contribution is -0.143. The number of benzene rings is 1. The van der Waals surface area contributed by atoms with Gasteiger partial charge < -0.3 is 10.1 Å². The molecule has 3 nitrogen and oxygen atoms in total. The molecule has 1 aromatic carbocycles. The van der Waals surface area contributed by atoms with Gasteiger partial charge in [-0.25, -0.2) is 17.6 Å². The molecule has 0 saturated carbocycles. The van der Waals surface area contributed by atoms with Gasteiger partial charge in [0, 0.05) is 17.9 Å². The van der Waals surface area contributed by atoms with Gasteiger partial charge in [0.1, 0.15) is 6.67 Å². The molecule has 2 aliphatic rings. The number of alkyl halides is 2. The summed E-state index contributed by atoms with van der Waals surface area (Å²) in [6.45, 7) is 2.37. The molecule has 2 saturated heterocycles. The second-order valence-electron chi connectivity index (χ2n) is 7.48. The highest BCUT2D eigenvalue weighted by molar-refractivity contribution is 5.87. The highest BCUT2D eigenvalue weighted by atomic mass is 19.2. The predicted molar refractivity (Wildman–Crippen MR) is 83.5 cm³/mol. The molecule has 3 rings (SSSR count). The van der Waals surface area contributed by atoms with Gasteiger partial charge in [-0.2, -0.15) is 0 Å². The van der Waals surface area contributed by atoms with Gasteiger partial charge in [0.25, 0.3) is 5.91 Å². The first kappa shape index (κ1) is 18.2. The van der Waals surface area contributed by atoms with E-state index in [0.29, 0.717) is 12.0 Å². The second kappa shape index (κ2) is 6.27. The van der Waals surface area contributed by atoms with E-state index in [4.69, 9.17) is 4.74 Å². The van der Waals surface area contributed by atoms with E-state index >= 15 is 0 Å². The van der Waals surface area contributed by atoms with Gasteiger partial charge in [-0.3, -0.25) is 4.79 Å². The fraction of sp³-hybridized carbons (Fsp3) is 0.611. The standard InChI is InChI=1S/C18H21F4NO2/c1-10(2)3-11-4-13(15(21)14(20)5-11)18-9-25-7-12(18)6-17(22,8-19)16(24)23-18/h4-5,10,12H,3,6-9H2,1-2H3,(H,23,24)/t12-,17?,18+/m1/s1. The number of piperidine rings is 1. The number of rotatable bonds is 4. The molecule has 0 bridgehead atoms. The van der Waals surface area contributed by atoms with Gasteiger partial charge in [0.15, 0.2) is 11.6 Å². The van der Waals surface area contributed by atoms with Crippen LogP contribution in [0.15, 0.2) is 12.1 Å². The molecule has 2 heterocycles. The first-order chi connectivity index (χ1) is 11.7. The molecule has 3 atom stereocenters. The number of halogens is 4. The van der Waals surface area contributed by atoms with Gasteiger partial charge >= 0.3 is 0 Å². The van der Waals surface area contributed by atoms with Crippen LogP contribution in [0.2, 0.25) is 0 Å². The van der Waals surface area contributed by atoms with Crippen LogP contribution in [0.25, 0.3) is 0 Å². The Kier molecular flexibility index (Phi) is 4.56. The minimum atomic E-state index is -2.66. The van der Waals surface area contributed by atoms with Crippen molar-refractivity contribution in [3.8, 4) is 0 Å². The maximum absolute atomic E-state index is 14.6. The van der Waals surface area contributed by atoms with Crippen LogP contribution in [0.5, 0.6) is 0 Å². The zero-order valence-electron chi connectivity index (χ0n) is 14.2. The number of ether oxygens (including phenoxy) is 1. The maximum Gasteiger partial charge on any atom is 0.261 e. The Hall–Kier alpha value is -1.63. The Labute approximate surface area is 143 Å². The van der Waals surface area contributed by atoms with Gasteiger partial charge in [-0.05, 0) is 24.0 Å². The molecule has 1 amide bonds.